The van der Waals surface area contributed by atoms with Gasteiger partial charge in [0.05, 0.1) is 20.2 Å². The molecule has 2 rings (SSSR count). The van der Waals surface area contributed by atoms with E-state index in [1.165, 1.54) is 5.69 Å². The molecule has 0 bridgehead atoms. The van der Waals surface area contributed by atoms with Gasteiger partial charge in [0.1, 0.15) is 0 Å². The Kier molecular flexibility index (Phi) is 8.60. The molecule has 25 heavy (non-hydrogen) atoms. The number of benzene rings is 1. The first-order valence-electron chi connectivity index (χ1n) is 8.01. The molecule has 6 nitrogen and oxygen atoms in total. The van der Waals surface area contributed by atoms with Crippen molar-refractivity contribution in [1.82, 2.24) is 14.8 Å². The number of phenols is 1. The van der Waals surface area contributed by atoms with Gasteiger partial charge in [-0.1, -0.05) is 12.1 Å². The van der Waals surface area contributed by atoms with Crippen molar-refractivity contribution in [2.75, 3.05) is 20.7 Å². The van der Waals surface area contributed by atoms with E-state index < -0.39 is 0 Å². The van der Waals surface area contributed by atoms with Crippen LogP contribution in [0, 0.1) is 0 Å². The molecule has 138 valence electrons. The van der Waals surface area contributed by atoms with E-state index in [9.17, 15) is 5.11 Å². The number of rotatable bonds is 6. The first-order valence-corrected chi connectivity index (χ1v) is 8.01. The van der Waals surface area contributed by atoms with Crippen molar-refractivity contribution >= 4 is 29.9 Å². The minimum atomic E-state index is 0. The van der Waals surface area contributed by atoms with Crippen LogP contribution in [0.2, 0.25) is 0 Å². The lowest BCUT2D eigenvalue weighted by molar-refractivity contribution is 0.370. The Balaban J connectivity index is 0.00000312. The van der Waals surface area contributed by atoms with E-state index in [0.29, 0.717) is 12.3 Å². The number of nitrogens with zero attached hydrogens (tertiary/aromatic N) is 3. The van der Waals surface area contributed by atoms with Gasteiger partial charge in [0.25, 0.3) is 0 Å². The lowest BCUT2D eigenvalue weighted by atomic mass is 10.2. The maximum absolute atomic E-state index is 10.2. The van der Waals surface area contributed by atoms with Crippen molar-refractivity contribution in [1.29, 1.82) is 0 Å². The summed E-state index contributed by atoms with van der Waals surface area (Å²) in [6.45, 7) is 3.94. The van der Waals surface area contributed by atoms with Crippen molar-refractivity contribution in [3.63, 3.8) is 0 Å². The summed E-state index contributed by atoms with van der Waals surface area (Å²) in [5, 5.41) is 13.5. The zero-order valence-electron chi connectivity index (χ0n) is 15.2. The highest BCUT2D eigenvalue weighted by atomic mass is 127. The zero-order chi connectivity index (χ0) is 17.5. The smallest absolute Gasteiger partial charge is 0.194 e. The molecule has 1 heterocycles. The Labute approximate surface area is 166 Å². The van der Waals surface area contributed by atoms with Crippen molar-refractivity contribution in [3.05, 3.63) is 47.8 Å². The molecule has 0 aliphatic carbocycles. The molecule has 1 aromatic heterocycles. The number of aromatic hydroxyl groups is 1. The molecular weight excluding hydrogens is 431 g/mol. The zero-order valence-corrected chi connectivity index (χ0v) is 17.5. The van der Waals surface area contributed by atoms with E-state index in [-0.39, 0.29) is 29.7 Å². The number of hydrogen-bond acceptors (Lipinski definition) is 3. The number of aryl methyl sites for hydroxylation is 1. The SMILES string of the molecule is CCNC(=NCc1cccc(OC)c1O)N(C)Cc1cccn1C.I. The van der Waals surface area contributed by atoms with Crippen LogP contribution < -0.4 is 10.1 Å². The van der Waals surface area contributed by atoms with E-state index in [4.69, 9.17) is 4.74 Å². The summed E-state index contributed by atoms with van der Waals surface area (Å²) < 4.78 is 7.23. The van der Waals surface area contributed by atoms with Crippen LogP contribution in [0.1, 0.15) is 18.2 Å². The van der Waals surface area contributed by atoms with Crippen LogP contribution in [0.3, 0.4) is 0 Å². The Bertz CT molecular complexity index is 700. The van der Waals surface area contributed by atoms with Gasteiger partial charge in [-0.25, -0.2) is 4.99 Å². The number of halogens is 1. The molecule has 0 saturated carbocycles. The topological polar surface area (TPSA) is 62.0 Å². The van der Waals surface area contributed by atoms with Crippen LogP contribution in [0.15, 0.2) is 41.5 Å². The van der Waals surface area contributed by atoms with Crippen molar-refractivity contribution in [2.24, 2.45) is 12.0 Å². The number of aliphatic imine (C=N–C) groups is 1. The summed E-state index contributed by atoms with van der Waals surface area (Å²) in [4.78, 5) is 6.70. The van der Waals surface area contributed by atoms with Crippen LogP contribution in [0.4, 0.5) is 0 Å². The van der Waals surface area contributed by atoms with E-state index in [1.807, 2.05) is 45.4 Å². The maximum atomic E-state index is 10.2. The molecule has 0 aliphatic rings. The molecule has 0 saturated heterocycles. The Morgan fingerprint density at radius 3 is 2.68 bits per heavy atom. The van der Waals surface area contributed by atoms with Crippen molar-refractivity contribution in [3.8, 4) is 11.5 Å². The molecule has 0 fully saturated rings. The average Bonchev–Trinajstić information content (AvgIpc) is 2.97. The highest BCUT2D eigenvalue weighted by molar-refractivity contribution is 14.0. The number of guanidine groups is 1. The molecule has 0 spiro atoms. The largest absolute Gasteiger partial charge is 0.504 e. The summed E-state index contributed by atoms with van der Waals surface area (Å²) in [5.41, 5.74) is 1.93. The van der Waals surface area contributed by atoms with E-state index in [2.05, 4.69) is 25.8 Å². The van der Waals surface area contributed by atoms with Crippen LogP contribution in [-0.2, 0) is 20.1 Å². The third-order valence-corrected chi connectivity index (χ3v) is 3.85. The highest BCUT2D eigenvalue weighted by Gasteiger charge is 2.10. The third-order valence-electron chi connectivity index (χ3n) is 3.85. The normalized spacial score (nSPS) is 11.0. The van der Waals surface area contributed by atoms with Gasteiger partial charge in [0.15, 0.2) is 17.5 Å². The number of aromatic nitrogens is 1. The summed E-state index contributed by atoms with van der Waals surface area (Å²) in [5.74, 6) is 1.40. The second-order valence-electron chi connectivity index (χ2n) is 5.60. The Morgan fingerprint density at radius 2 is 2.08 bits per heavy atom. The van der Waals surface area contributed by atoms with E-state index >= 15 is 0 Å². The predicted octanol–water partition coefficient (Wildman–Crippen LogP) is 2.95. The highest BCUT2D eigenvalue weighted by Crippen LogP contribution is 2.29. The van der Waals surface area contributed by atoms with Gasteiger partial charge in [-0.05, 0) is 25.1 Å². The van der Waals surface area contributed by atoms with Gasteiger partial charge in [-0.3, -0.25) is 0 Å². The monoisotopic (exact) mass is 458 g/mol. The molecule has 2 N–H and O–H groups in total. The number of ether oxygens (including phenoxy) is 1. The number of nitrogens with one attached hydrogen (secondary N) is 1. The van der Waals surface area contributed by atoms with Gasteiger partial charge in [0.2, 0.25) is 0 Å². The molecular formula is C18H27IN4O2. The predicted molar refractivity (Wildman–Crippen MR) is 112 cm³/mol. The summed E-state index contributed by atoms with van der Waals surface area (Å²) in [6.07, 6.45) is 2.03. The van der Waals surface area contributed by atoms with Crippen molar-refractivity contribution in [2.45, 2.75) is 20.0 Å². The molecule has 0 radical (unpaired) electrons. The fourth-order valence-corrected chi connectivity index (χ4v) is 2.47. The van der Waals surface area contributed by atoms with Gasteiger partial charge >= 0.3 is 0 Å². The lowest BCUT2D eigenvalue weighted by Crippen LogP contribution is -2.38. The molecule has 0 unspecified atom stereocenters. The van der Waals surface area contributed by atoms with Gasteiger partial charge in [-0.2, -0.15) is 0 Å². The molecule has 0 amide bonds. The first kappa shape index (κ1) is 21.1. The van der Waals surface area contributed by atoms with E-state index in [1.54, 1.807) is 13.2 Å². The minimum Gasteiger partial charge on any atom is -0.504 e. The van der Waals surface area contributed by atoms with E-state index in [0.717, 1.165) is 24.6 Å². The first-order chi connectivity index (χ1) is 11.6. The fourth-order valence-electron chi connectivity index (χ4n) is 2.47. The van der Waals surface area contributed by atoms with Crippen LogP contribution in [0.5, 0.6) is 11.5 Å². The Morgan fingerprint density at radius 1 is 1.32 bits per heavy atom. The lowest BCUT2D eigenvalue weighted by Gasteiger charge is -2.22. The second-order valence-corrected chi connectivity index (χ2v) is 5.60. The maximum Gasteiger partial charge on any atom is 0.194 e. The third kappa shape index (κ3) is 5.55. The van der Waals surface area contributed by atoms with Gasteiger partial charge < -0.3 is 24.6 Å². The molecule has 0 aliphatic heterocycles. The molecule has 2 aromatic rings. The second kappa shape index (κ2) is 10.2. The van der Waals surface area contributed by atoms with Crippen molar-refractivity contribution < 1.29 is 9.84 Å². The molecule has 1 aromatic carbocycles. The van der Waals surface area contributed by atoms with Gasteiger partial charge in [-0.15, -0.1) is 24.0 Å². The standard InChI is InChI=1S/C18H26N4O2.HI/c1-5-19-18(22(3)13-15-9-7-11-21(15)2)20-12-14-8-6-10-16(24-4)17(14)23;/h6-11,23H,5,12-13H2,1-4H3,(H,19,20);1H. The summed E-state index contributed by atoms with van der Waals surface area (Å²) in [6, 6.07) is 9.55. The van der Waals surface area contributed by atoms with Crippen LogP contribution in [-0.4, -0.2) is 41.2 Å². The Hall–Kier alpha value is -1.90. The van der Waals surface area contributed by atoms with Gasteiger partial charge in [0, 0.05) is 38.1 Å². The number of hydrogen-bond donors (Lipinski definition) is 2. The average molecular weight is 458 g/mol. The number of para-hydroxylation sites is 1. The minimum absolute atomic E-state index is 0. The molecule has 7 heteroatoms. The quantitative estimate of drug-likeness (QED) is 0.397. The fraction of sp³-hybridized carbons (Fsp3) is 0.389. The number of methoxy groups -OCH3 is 1. The summed E-state index contributed by atoms with van der Waals surface area (Å²) >= 11 is 0. The number of phenolic OH excluding ortho intramolecular Hbond substituents is 1. The van der Waals surface area contributed by atoms with Crippen LogP contribution in [0.25, 0.3) is 0 Å². The van der Waals surface area contributed by atoms with Crippen LogP contribution >= 0.6 is 24.0 Å². The molecule has 0 atom stereocenters. The summed E-state index contributed by atoms with van der Waals surface area (Å²) in [7, 11) is 5.57.